The molecule has 5 nitrogen and oxygen atoms in total. The molecule has 20 heavy (non-hydrogen) atoms. The smallest absolute Gasteiger partial charge is 0.265 e. The van der Waals surface area contributed by atoms with Crippen LogP contribution in [0.15, 0.2) is 42.5 Å². The van der Waals surface area contributed by atoms with Crippen molar-refractivity contribution in [2.45, 2.75) is 20.0 Å². The van der Waals surface area contributed by atoms with Gasteiger partial charge in [0.25, 0.3) is 5.91 Å². The van der Waals surface area contributed by atoms with Crippen LogP contribution in [0.25, 0.3) is 0 Å². The molecule has 1 aliphatic rings. The molecular formula is C15H16N2O3. The first kappa shape index (κ1) is 13.9. The fourth-order valence-corrected chi connectivity index (χ4v) is 1.72. The third-order valence-electron chi connectivity index (χ3n) is 2.73. The molecule has 0 fully saturated rings. The van der Waals surface area contributed by atoms with E-state index in [9.17, 15) is 9.59 Å². The van der Waals surface area contributed by atoms with E-state index in [2.05, 4.69) is 10.6 Å². The molecule has 5 heteroatoms. The minimum Gasteiger partial charge on any atom is -0.479 e. The molecule has 2 amide bonds. The van der Waals surface area contributed by atoms with Gasteiger partial charge in [-0.2, -0.15) is 0 Å². The molecule has 2 rings (SSSR count). The quantitative estimate of drug-likeness (QED) is 0.656. The van der Waals surface area contributed by atoms with Crippen LogP contribution < -0.4 is 15.4 Å². The molecule has 0 spiro atoms. The number of carbonyl (C=O) groups excluding carboxylic acids is 2. The van der Waals surface area contributed by atoms with Gasteiger partial charge in [-0.25, -0.2) is 0 Å². The van der Waals surface area contributed by atoms with Crippen LogP contribution in [0, 0.1) is 0 Å². The highest BCUT2D eigenvalue weighted by Crippen LogP contribution is 2.32. The van der Waals surface area contributed by atoms with Crippen molar-refractivity contribution in [3.8, 4) is 5.75 Å². The second-order valence-electron chi connectivity index (χ2n) is 4.33. The van der Waals surface area contributed by atoms with Gasteiger partial charge in [-0.05, 0) is 32.0 Å². The van der Waals surface area contributed by atoms with E-state index in [0.29, 0.717) is 17.1 Å². The van der Waals surface area contributed by atoms with E-state index in [0.717, 1.165) is 0 Å². The maximum Gasteiger partial charge on any atom is 0.265 e. The number of nitrogens with one attached hydrogen (secondary N) is 2. The number of rotatable bonds is 3. The Morgan fingerprint density at radius 2 is 2.20 bits per heavy atom. The average Bonchev–Trinajstić information content (AvgIpc) is 2.41. The van der Waals surface area contributed by atoms with Gasteiger partial charge in [-0.3, -0.25) is 9.59 Å². The molecule has 0 unspecified atom stereocenters. The van der Waals surface area contributed by atoms with Crippen LogP contribution >= 0.6 is 0 Å². The summed E-state index contributed by atoms with van der Waals surface area (Å²) < 4.78 is 5.44. The standard InChI is InChI=1S/C15H16N2O3/c1-3-4-5-6-14(18)16-11-7-8-13-12(9-11)17-15(19)10(2)20-13/h3-10H,1-2H3,(H,16,18)(H,17,19)/b4-3+,6-5+/t10-/m0/s1. The van der Waals surface area contributed by atoms with Crippen LogP contribution in [-0.2, 0) is 9.59 Å². The predicted octanol–water partition coefficient (Wildman–Crippen LogP) is 2.48. The molecule has 1 aromatic rings. The monoisotopic (exact) mass is 272 g/mol. The molecule has 104 valence electrons. The molecule has 0 aliphatic carbocycles. The first-order valence-electron chi connectivity index (χ1n) is 6.32. The average molecular weight is 272 g/mol. The zero-order valence-corrected chi connectivity index (χ0v) is 11.3. The van der Waals surface area contributed by atoms with E-state index >= 15 is 0 Å². The molecule has 0 saturated heterocycles. The molecule has 0 saturated carbocycles. The Balaban J connectivity index is 2.10. The number of ether oxygens (including phenoxy) is 1. The number of hydrogen-bond acceptors (Lipinski definition) is 3. The molecule has 1 atom stereocenters. The highest BCUT2D eigenvalue weighted by Gasteiger charge is 2.23. The van der Waals surface area contributed by atoms with Crippen molar-refractivity contribution in [2.24, 2.45) is 0 Å². The van der Waals surface area contributed by atoms with Gasteiger partial charge in [0.1, 0.15) is 5.75 Å². The van der Waals surface area contributed by atoms with Crippen molar-refractivity contribution < 1.29 is 14.3 Å². The zero-order valence-electron chi connectivity index (χ0n) is 11.3. The Bertz CT molecular complexity index is 591. The van der Waals surface area contributed by atoms with Gasteiger partial charge in [-0.15, -0.1) is 0 Å². The van der Waals surface area contributed by atoms with Crippen LogP contribution in [0.4, 0.5) is 11.4 Å². The first-order valence-corrected chi connectivity index (χ1v) is 6.32. The van der Waals surface area contributed by atoms with E-state index in [1.165, 1.54) is 6.08 Å². The maximum absolute atomic E-state index is 11.6. The lowest BCUT2D eigenvalue weighted by atomic mass is 10.2. The molecule has 0 radical (unpaired) electrons. The largest absolute Gasteiger partial charge is 0.479 e. The van der Waals surface area contributed by atoms with Gasteiger partial charge in [0.15, 0.2) is 6.10 Å². The van der Waals surface area contributed by atoms with Crippen molar-refractivity contribution in [3.05, 3.63) is 42.5 Å². The summed E-state index contributed by atoms with van der Waals surface area (Å²) in [6.45, 7) is 3.55. The van der Waals surface area contributed by atoms with E-state index in [4.69, 9.17) is 4.74 Å². The third-order valence-corrected chi connectivity index (χ3v) is 2.73. The fourth-order valence-electron chi connectivity index (χ4n) is 1.72. The van der Waals surface area contributed by atoms with Crippen LogP contribution in [-0.4, -0.2) is 17.9 Å². The van der Waals surface area contributed by atoms with E-state index < -0.39 is 6.10 Å². The molecule has 0 aromatic heterocycles. The van der Waals surface area contributed by atoms with Crippen molar-refractivity contribution >= 4 is 23.2 Å². The summed E-state index contributed by atoms with van der Waals surface area (Å²) in [5.41, 5.74) is 1.15. The number of hydrogen-bond donors (Lipinski definition) is 2. The zero-order chi connectivity index (χ0) is 14.5. The van der Waals surface area contributed by atoms with Crippen molar-refractivity contribution in [1.82, 2.24) is 0 Å². The number of carbonyl (C=O) groups is 2. The highest BCUT2D eigenvalue weighted by atomic mass is 16.5. The van der Waals surface area contributed by atoms with Gasteiger partial charge in [-0.1, -0.05) is 18.2 Å². The lowest BCUT2D eigenvalue weighted by Gasteiger charge is -2.23. The normalized spacial score (nSPS) is 17.7. The Morgan fingerprint density at radius 1 is 1.40 bits per heavy atom. The molecule has 0 bridgehead atoms. The van der Waals surface area contributed by atoms with Crippen molar-refractivity contribution in [1.29, 1.82) is 0 Å². The summed E-state index contributed by atoms with van der Waals surface area (Å²) in [4.78, 5) is 23.1. The molecular weight excluding hydrogens is 256 g/mol. The topological polar surface area (TPSA) is 67.4 Å². The van der Waals surface area contributed by atoms with Gasteiger partial charge >= 0.3 is 0 Å². The van der Waals surface area contributed by atoms with Crippen LogP contribution in [0.1, 0.15) is 13.8 Å². The molecule has 1 heterocycles. The number of fused-ring (bicyclic) bond motifs is 1. The number of anilines is 2. The van der Waals surface area contributed by atoms with Gasteiger partial charge in [0.05, 0.1) is 5.69 Å². The lowest BCUT2D eigenvalue weighted by molar-refractivity contribution is -0.122. The van der Waals surface area contributed by atoms with E-state index in [1.807, 2.05) is 13.0 Å². The molecule has 1 aromatic carbocycles. The Kier molecular flexibility index (Phi) is 4.20. The third kappa shape index (κ3) is 3.26. The summed E-state index contributed by atoms with van der Waals surface area (Å²) in [6, 6.07) is 5.11. The van der Waals surface area contributed by atoms with Crippen LogP contribution in [0.3, 0.4) is 0 Å². The second-order valence-corrected chi connectivity index (χ2v) is 4.33. The molecule has 1 aliphatic heterocycles. The SMILES string of the molecule is C/C=C/C=C/C(=O)Nc1ccc2c(c1)NC(=O)[C@H](C)O2. The summed E-state index contributed by atoms with van der Waals surface area (Å²) in [7, 11) is 0. The van der Waals surface area contributed by atoms with E-state index in [1.54, 1.807) is 37.3 Å². The summed E-state index contributed by atoms with van der Waals surface area (Å²) in [5, 5.41) is 5.44. The van der Waals surface area contributed by atoms with Crippen LogP contribution in [0.2, 0.25) is 0 Å². The van der Waals surface area contributed by atoms with Gasteiger partial charge in [0, 0.05) is 11.8 Å². The van der Waals surface area contributed by atoms with Gasteiger partial charge < -0.3 is 15.4 Å². The van der Waals surface area contributed by atoms with Crippen molar-refractivity contribution in [2.75, 3.05) is 10.6 Å². The Labute approximate surface area is 117 Å². The summed E-state index contributed by atoms with van der Waals surface area (Å²) >= 11 is 0. The fraction of sp³-hybridized carbons (Fsp3) is 0.200. The van der Waals surface area contributed by atoms with E-state index in [-0.39, 0.29) is 11.8 Å². The summed E-state index contributed by atoms with van der Waals surface area (Å²) in [5.74, 6) is 0.160. The predicted molar refractivity (Wildman–Crippen MR) is 77.7 cm³/mol. The highest BCUT2D eigenvalue weighted by molar-refractivity contribution is 6.01. The minimum absolute atomic E-state index is 0.200. The van der Waals surface area contributed by atoms with Crippen molar-refractivity contribution in [3.63, 3.8) is 0 Å². The lowest BCUT2D eigenvalue weighted by Crippen LogP contribution is -2.34. The Morgan fingerprint density at radius 3 is 2.95 bits per heavy atom. The van der Waals surface area contributed by atoms with Gasteiger partial charge in [0.2, 0.25) is 5.91 Å². The minimum atomic E-state index is -0.508. The molecule has 2 N–H and O–H groups in total. The second kappa shape index (κ2) is 6.06. The first-order chi connectivity index (χ1) is 9.60. The summed E-state index contributed by atoms with van der Waals surface area (Å²) in [6.07, 6.45) is 6.17. The Hall–Kier alpha value is -2.56. The number of allylic oxidation sites excluding steroid dienone is 3. The van der Waals surface area contributed by atoms with Crippen LogP contribution in [0.5, 0.6) is 5.75 Å². The maximum atomic E-state index is 11.6. The number of amides is 2. The number of benzene rings is 1.